The Bertz CT molecular complexity index is 613. The van der Waals surface area contributed by atoms with E-state index < -0.39 is 5.54 Å². The minimum atomic E-state index is -0.804. The second kappa shape index (κ2) is 6.41. The zero-order chi connectivity index (χ0) is 15.3. The Morgan fingerprint density at radius 3 is 2.38 bits per heavy atom. The maximum absolute atomic E-state index is 12.2. The molecule has 0 aromatic heterocycles. The number of rotatable bonds is 5. The molecule has 1 atom stereocenters. The summed E-state index contributed by atoms with van der Waals surface area (Å²) in [6.07, 6.45) is 0.190. The minimum absolute atomic E-state index is 0.173. The first-order valence-corrected chi connectivity index (χ1v) is 6.86. The molecule has 21 heavy (non-hydrogen) atoms. The van der Waals surface area contributed by atoms with Crippen LogP contribution in [0.15, 0.2) is 54.6 Å². The first kappa shape index (κ1) is 15.1. The molecule has 4 nitrogen and oxygen atoms in total. The lowest BCUT2D eigenvalue weighted by Gasteiger charge is -2.29. The van der Waals surface area contributed by atoms with Gasteiger partial charge in [0.05, 0.1) is 18.6 Å². The molecular weight excluding hydrogens is 264 g/mol. The van der Waals surface area contributed by atoms with E-state index in [0.717, 1.165) is 11.1 Å². The number of para-hydroxylation sites is 1. The molecule has 0 aliphatic rings. The highest BCUT2D eigenvalue weighted by molar-refractivity contribution is 5.81. The Kier molecular flexibility index (Phi) is 4.60. The topological polar surface area (TPSA) is 75.3 Å². The highest BCUT2D eigenvalue weighted by Crippen LogP contribution is 2.20. The zero-order valence-corrected chi connectivity index (χ0v) is 12.0. The summed E-state index contributed by atoms with van der Waals surface area (Å²) in [5, 5.41) is 12.6. The van der Waals surface area contributed by atoms with Crippen molar-refractivity contribution in [2.45, 2.75) is 18.9 Å². The fourth-order valence-electron chi connectivity index (χ4n) is 2.23. The van der Waals surface area contributed by atoms with Crippen LogP contribution in [0.4, 0.5) is 5.69 Å². The molecule has 2 aromatic carbocycles. The normalized spacial score (nSPS) is 13.4. The first-order chi connectivity index (χ1) is 10.0. The van der Waals surface area contributed by atoms with Crippen LogP contribution >= 0.6 is 0 Å². The summed E-state index contributed by atoms with van der Waals surface area (Å²) in [6, 6.07) is 16.7. The standard InChI is InChI=1S/C17H20N2O2/c1-17(12-20,14-8-3-2-4-9-14)19-16(21)11-13-7-5-6-10-15(13)18/h2-10,20H,11-12,18H2,1H3,(H,19,21). The van der Waals surface area contributed by atoms with Crippen molar-refractivity contribution < 1.29 is 9.90 Å². The lowest BCUT2D eigenvalue weighted by atomic mass is 9.92. The molecule has 1 unspecified atom stereocenters. The maximum atomic E-state index is 12.2. The summed E-state index contributed by atoms with van der Waals surface area (Å²) >= 11 is 0. The van der Waals surface area contributed by atoms with Gasteiger partial charge in [0.1, 0.15) is 0 Å². The number of benzene rings is 2. The number of nitrogens with one attached hydrogen (secondary N) is 1. The average molecular weight is 284 g/mol. The first-order valence-electron chi connectivity index (χ1n) is 6.86. The molecule has 0 radical (unpaired) electrons. The second-order valence-corrected chi connectivity index (χ2v) is 5.28. The summed E-state index contributed by atoms with van der Waals surface area (Å²) < 4.78 is 0. The van der Waals surface area contributed by atoms with E-state index in [1.54, 1.807) is 13.0 Å². The van der Waals surface area contributed by atoms with Crippen molar-refractivity contribution in [1.29, 1.82) is 0 Å². The third-order valence-electron chi connectivity index (χ3n) is 3.55. The van der Waals surface area contributed by atoms with Crippen molar-refractivity contribution in [3.63, 3.8) is 0 Å². The molecular formula is C17H20N2O2. The predicted octanol–water partition coefficient (Wildman–Crippen LogP) is 1.84. The van der Waals surface area contributed by atoms with E-state index in [0.29, 0.717) is 5.69 Å². The Morgan fingerprint density at radius 2 is 1.76 bits per heavy atom. The van der Waals surface area contributed by atoms with Crippen molar-refractivity contribution in [3.05, 3.63) is 65.7 Å². The van der Waals surface area contributed by atoms with Crippen LogP contribution in [0.3, 0.4) is 0 Å². The van der Waals surface area contributed by atoms with E-state index in [2.05, 4.69) is 5.32 Å². The lowest BCUT2D eigenvalue weighted by molar-refractivity contribution is -0.122. The number of carbonyl (C=O) groups excluding carboxylic acids is 1. The summed E-state index contributed by atoms with van der Waals surface area (Å²) in [7, 11) is 0. The Hall–Kier alpha value is -2.33. The zero-order valence-electron chi connectivity index (χ0n) is 12.0. The van der Waals surface area contributed by atoms with Crippen LogP contribution < -0.4 is 11.1 Å². The molecule has 0 spiro atoms. The largest absolute Gasteiger partial charge is 0.398 e. The van der Waals surface area contributed by atoms with Crippen LogP contribution in [0.2, 0.25) is 0 Å². The molecule has 0 aliphatic heterocycles. The lowest BCUT2D eigenvalue weighted by Crippen LogP contribution is -2.46. The van der Waals surface area contributed by atoms with Crippen LogP contribution in [0.1, 0.15) is 18.1 Å². The maximum Gasteiger partial charge on any atom is 0.225 e. The smallest absolute Gasteiger partial charge is 0.225 e. The monoisotopic (exact) mass is 284 g/mol. The van der Waals surface area contributed by atoms with Crippen molar-refractivity contribution in [2.75, 3.05) is 12.3 Å². The number of nitrogen functional groups attached to an aromatic ring is 1. The molecule has 0 aliphatic carbocycles. The van der Waals surface area contributed by atoms with Gasteiger partial charge in [-0.3, -0.25) is 4.79 Å². The van der Waals surface area contributed by atoms with Crippen molar-refractivity contribution in [1.82, 2.24) is 5.32 Å². The third kappa shape index (κ3) is 3.61. The highest BCUT2D eigenvalue weighted by Gasteiger charge is 2.27. The van der Waals surface area contributed by atoms with Crippen LogP contribution in [-0.4, -0.2) is 17.6 Å². The molecule has 1 amide bonds. The number of hydrogen-bond acceptors (Lipinski definition) is 3. The second-order valence-electron chi connectivity index (χ2n) is 5.28. The third-order valence-corrected chi connectivity index (χ3v) is 3.55. The van der Waals surface area contributed by atoms with Gasteiger partial charge in [-0.15, -0.1) is 0 Å². The Labute approximate surface area is 124 Å². The van der Waals surface area contributed by atoms with Gasteiger partial charge in [-0.25, -0.2) is 0 Å². The van der Waals surface area contributed by atoms with E-state index in [4.69, 9.17) is 5.73 Å². The van der Waals surface area contributed by atoms with E-state index in [1.807, 2.05) is 48.5 Å². The van der Waals surface area contributed by atoms with Gasteiger partial charge in [-0.05, 0) is 24.1 Å². The van der Waals surface area contributed by atoms with E-state index in [9.17, 15) is 9.90 Å². The highest BCUT2D eigenvalue weighted by atomic mass is 16.3. The molecule has 0 heterocycles. The predicted molar refractivity (Wildman–Crippen MR) is 83.6 cm³/mol. The van der Waals surface area contributed by atoms with Gasteiger partial charge in [-0.1, -0.05) is 48.5 Å². The van der Waals surface area contributed by atoms with Gasteiger partial charge in [0.25, 0.3) is 0 Å². The van der Waals surface area contributed by atoms with Crippen LogP contribution in [-0.2, 0) is 16.8 Å². The van der Waals surface area contributed by atoms with Gasteiger partial charge in [0, 0.05) is 5.69 Å². The van der Waals surface area contributed by atoms with Gasteiger partial charge >= 0.3 is 0 Å². The van der Waals surface area contributed by atoms with Crippen molar-refractivity contribution >= 4 is 11.6 Å². The van der Waals surface area contributed by atoms with Crippen LogP contribution in [0.25, 0.3) is 0 Å². The minimum Gasteiger partial charge on any atom is -0.398 e. The van der Waals surface area contributed by atoms with Crippen molar-refractivity contribution in [2.24, 2.45) is 0 Å². The van der Waals surface area contributed by atoms with Crippen LogP contribution in [0.5, 0.6) is 0 Å². The van der Waals surface area contributed by atoms with Gasteiger partial charge in [0.15, 0.2) is 0 Å². The molecule has 2 rings (SSSR count). The summed E-state index contributed by atoms with van der Waals surface area (Å²) in [4.78, 5) is 12.2. The Balaban J connectivity index is 2.12. The summed E-state index contributed by atoms with van der Waals surface area (Å²) in [5.74, 6) is -0.173. The van der Waals surface area contributed by atoms with Crippen LogP contribution in [0, 0.1) is 0 Å². The molecule has 0 saturated carbocycles. The molecule has 2 aromatic rings. The van der Waals surface area contributed by atoms with E-state index in [-0.39, 0.29) is 18.9 Å². The number of anilines is 1. The fraction of sp³-hybridized carbons (Fsp3) is 0.235. The molecule has 0 fully saturated rings. The van der Waals surface area contributed by atoms with Gasteiger partial charge in [-0.2, -0.15) is 0 Å². The number of aliphatic hydroxyl groups is 1. The van der Waals surface area contributed by atoms with Gasteiger partial charge in [0.2, 0.25) is 5.91 Å². The molecule has 0 bridgehead atoms. The number of carbonyl (C=O) groups is 1. The number of aliphatic hydroxyl groups excluding tert-OH is 1. The number of amides is 1. The number of nitrogens with two attached hydrogens (primary N) is 1. The SMILES string of the molecule is CC(CO)(NC(=O)Cc1ccccc1N)c1ccccc1. The summed E-state index contributed by atoms with van der Waals surface area (Å²) in [6.45, 7) is 1.63. The quantitative estimate of drug-likeness (QED) is 0.733. The van der Waals surface area contributed by atoms with Crippen molar-refractivity contribution in [3.8, 4) is 0 Å². The number of hydrogen-bond donors (Lipinski definition) is 3. The van der Waals surface area contributed by atoms with E-state index in [1.165, 1.54) is 0 Å². The summed E-state index contributed by atoms with van der Waals surface area (Å²) in [5.41, 5.74) is 7.28. The molecule has 0 saturated heterocycles. The van der Waals surface area contributed by atoms with Gasteiger partial charge < -0.3 is 16.2 Å². The fourth-order valence-corrected chi connectivity index (χ4v) is 2.23. The van der Waals surface area contributed by atoms with E-state index >= 15 is 0 Å². The molecule has 110 valence electrons. The molecule has 4 N–H and O–H groups in total. The molecule has 4 heteroatoms. The average Bonchev–Trinajstić information content (AvgIpc) is 2.50. The Morgan fingerprint density at radius 1 is 1.14 bits per heavy atom.